The zero-order valence-electron chi connectivity index (χ0n) is 16.4. The fraction of sp³-hybridized carbons (Fsp3) is 0.381. The Bertz CT molecular complexity index is 1130. The van der Waals surface area contributed by atoms with Crippen molar-refractivity contribution in [1.29, 1.82) is 0 Å². The van der Waals surface area contributed by atoms with Crippen LogP contribution >= 0.6 is 0 Å². The summed E-state index contributed by atoms with van der Waals surface area (Å²) in [4.78, 5) is 33.6. The van der Waals surface area contributed by atoms with Crippen LogP contribution in [-0.2, 0) is 6.54 Å². The van der Waals surface area contributed by atoms with Gasteiger partial charge < -0.3 is 9.84 Å². The summed E-state index contributed by atoms with van der Waals surface area (Å²) in [6, 6.07) is 7.17. The number of allylic oxidation sites excluding steroid dienone is 1. The van der Waals surface area contributed by atoms with Crippen LogP contribution in [0.1, 0.15) is 54.4 Å². The van der Waals surface area contributed by atoms with Crippen molar-refractivity contribution in [2.75, 3.05) is 6.54 Å². The third kappa shape index (κ3) is 4.26. The van der Waals surface area contributed by atoms with Crippen LogP contribution in [0, 0.1) is 6.92 Å². The Labute approximate surface area is 167 Å². The number of aryl methyl sites for hydroxylation is 1. The van der Waals surface area contributed by atoms with Gasteiger partial charge in [-0.2, -0.15) is 4.98 Å². The Balaban J connectivity index is 1.43. The highest BCUT2D eigenvalue weighted by molar-refractivity contribution is 5.89. The number of hydrogen-bond acceptors (Lipinski definition) is 6. The molecule has 1 amide bonds. The van der Waals surface area contributed by atoms with Gasteiger partial charge in [0.25, 0.3) is 5.56 Å². The number of carbonyl (C=O) groups is 1. The third-order valence-electron chi connectivity index (χ3n) is 5.13. The van der Waals surface area contributed by atoms with Crippen LogP contribution in [0.15, 0.2) is 45.2 Å². The molecule has 29 heavy (non-hydrogen) atoms. The average molecular weight is 393 g/mol. The summed E-state index contributed by atoms with van der Waals surface area (Å²) in [5.74, 6) is 0.301. The molecule has 2 aromatic heterocycles. The van der Waals surface area contributed by atoms with Crippen molar-refractivity contribution in [3.05, 3.63) is 63.8 Å². The van der Waals surface area contributed by atoms with Crippen molar-refractivity contribution in [2.45, 2.75) is 45.6 Å². The molecule has 0 aliphatic heterocycles. The molecule has 0 bridgehead atoms. The third-order valence-corrected chi connectivity index (χ3v) is 5.13. The Morgan fingerprint density at radius 2 is 2.10 bits per heavy atom. The van der Waals surface area contributed by atoms with Crippen molar-refractivity contribution in [3.8, 4) is 0 Å². The molecule has 150 valence electrons. The fourth-order valence-corrected chi connectivity index (χ4v) is 3.56. The lowest BCUT2D eigenvalue weighted by Crippen LogP contribution is -2.26. The van der Waals surface area contributed by atoms with Crippen LogP contribution < -0.4 is 10.9 Å². The molecule has 2 heterocycles. The summed E-state index contributed by atoms with van der Waals surface area (Å²) in [6.45, 7) is 2.38. The Morgan fingerprint density at radius 1 is 1.24 bits per heavy atom. The topological polar surface area (TPSA) is 103 Å². The van der Waals surface area contributed by atoms with Crippen molar-refractivity contribution >= 4 is 16.8 Å². The summed E-state index contributed by atoms with van der Waals surface area (Å²) in [7, 11) is 0. The predicted molar refractivity (Wildman–Crippen MR) is 108 cm³/mol. The van der Waals surface area contributed by atoms with Gasteiger partial charge in [-0.3, -0.25) is 14.2 Å². The molecule has 1 aliphatic rings. The molecule has 1 aliphatic carbocycles. The monoisotopic (exact) mass is 393 g/mol. The highest BCUT2D eigenvalue weighted by atomic mass is 16.5. The molecule has 0 fully saturated rings. The highest BCUT2D eigenvalue weighted by Crippen LogP contribution is 2.19. The molecule has 3 aromatic rings. The summed E-state index contributed by atoms with van der Waals surface area (Å²) >= 11 is 0. The number of nitrogens with one attached hydrogen (secondary N) is 1. The van der Waals surface area contributed by atoms with Gasteiger partial charge in [0.15, 0.2) is 5.82 Å². The number of aromatic nitrogens is 4. The standard InChI is InChI=1S/C21H23N5O3/c1-14-23-17-10-6-5-9-16(17)21(28)26(14)13-18-24-20(29-25-18)19(27)22-12-11-15-7-3-2-4-8-15/h5-7,9-10H,2-4,8,11-13H2,1H3,(H,22,27). The molecule has 0 saturated carbocycles. The predicted octanol–water partition coefficient (Wildman–Crippen LogP) is 2.76. The normalized spacial score (nSPS) is 14.0. The van der Waals surface area contributed by atoms with E-state index in [2.05, 4.69) is 26.5 Å². The van der Waals surface area contributed by atoms with E-state index in [0.29, 0.717) is 23.3 Å². The first-order valence-electron chi connectivity index (χ1n) is 9.86. The first-order chi connectivity index (χ1) is 14.1. The maximum Gasteiger partial charge on any atom is 0.316 e. The fourth-order valence-electron chi connectivity index (χ4n) is 3.56. The maximum absolute atomic E-state index is 12.7. The molecule has 0 unspecified atom stereocenters. The number of nitrogens with zero attached hydrogens (tertiary/aromatic N) is 4. The lowest BCUT2D eigenvalue weighted by molar-refractivity contribution is 0.0910. The summed E-state index contributed by atoms with van der Waals surface area (Å²) in [5.41, 5.74) is 1.86. The molecule has 0 radical (unpaired) electrons. The molecular formula is C21H23N5O3. The number of para-hydroxylation sites is 1. The second-order valence-electron chi connectivity index (χ2n) is 7.20. The Kier molecular flexibility index (Phi) is 5.50. The zero-order chi connectivity index (χ0) is 20.2. The zero-order valence-corrected chi connectivity index (χ0v) is 16.4. The van der Waals surface area contributed by atoms with Crippen molar-refractivity contribution in [1.82, 2.24) is 25.0 Å². The van der Waals surface area contributed by atoms with Crippen LogP contribution in [0.4, 0.5) is 0 Å². The van der Waals surface area contributed by atoms with Gasteiger partial charge in [0.1, 0.15) is 5.82 Å². The minimum atomic E-state index is -0.402. The molecule has 0 spiro atoms. The summed E-state index contributed by atoms with van der Waals surface area (Å²) < 4.78 is 6.56. The second kappa shape index (κ2) is 8.38. The average Bonchev–Trinajstić information content (AvgIpc) is 3.21. The van der Waals surface area contributed by atoms with Crippen LogP contribution in [0.3, 0.4) is 0 Å². The Morgan fingerprint density at radius 3 is 2.93 bits per heavy atom. The van der Waals surface area contributed by atoms with E-state index in [1.807, 2.05) is 6.07 Å². The van der Waals surface area contributed by atoms with Gasteiger partial charge in [-0.05, 0) is 51.2 Å². The van der Waals surface area contributed by atoms with Crippen molar-refractivity contribution < 1.29 is 9.32 Å². The molecule has 0 saturated heterocycles. The van der Waals surface area contributed by atoms with Gasteiger partial charge in [-0.1, -0.05) is 28.9 Å². The van der Waals surface area contributed by atoms with E-state index in [0.717, 1.165) is 19.3 Å². The molecular weight excluding hydrogens is 370 g/mol. The molecule has 8 heteroatoms. The van der Waals surface area contributed by atoms with Crippen molar-refractivity contribution in [2.24, 2.45) is 0 Å². The van der Waals surface area contributed by atoms with Crippen LogP contribution in [0.5, 0.6) is 0 Å². The molecule has 1 N–H and O–H groups in total. The Hall–Kier alpha value is -3.29. The lowest BCUT2D eigenvalue weighted by Gasteiger charge is -2.12. The van der Waals surface area contributed by atoms with Crippen LogP contribution in [0.2, 0.25) is 0 Å². The van der Waals surface area contributed by atoms with Crippen LogP contribution in [0.25, 0.3) is 10.9 Å². The number of amides is 1. The van der Waals surface area contributed by atoms with Gasteiger partial charge in [0.05, 0.1) is 17.4 Å². The van der Waals surface area contributed by atoms with E-state index < -0.39 is 5.91 Å². The number of rotatable bonds is 6. The summed E-state index contributed by atoms with van der Waals surface area (Å²) in [6.07, 6.45) is 7.79. The van der Waals surface area contributed by atoms with E-state index in [4.69, 9.17) is 4.52 Å². The molecule has 0 atom stereocenters. The first kappa shape index (κ1) is 19.0. The van der Waals surface area contributed by atoms with E-state index in [1.54, 1.807) is 25.1 Å². The van der Waals surface area contributed by atoms with Gasteiger partial charge in [0, 0.05) is 6.54 Å². The van der Waals surface area contributed by atoms with E-state index in [-0.39, 0.29) is 23.8 Å². The van der Waals surface area contributed by atoms with Gasteiger partial charge >= 0.3 is 11.8 Å². The number of benzene rings is 1. The number of carbonyl (C=O) groups excluding carboxylic acids is 1. The highest BCUT2D eigenvalue weighted by Gasteiger charge is 2.17. The molecule has 1 aromatic carbocycles. The van der Waals surface area contributed by atoms with Gasteiger partial charge in [0.2, 0.25) is 0 Å². The van der Waals surface area contributed by atoms with E-state index in [1.165, 1.54) is 23.0 Å². The SMILES string of the molecule is Cc1nc2ccccc2c(=O)n1Cc1noc(C(=O)NCCC2=CCCCC2)n1. The minimum absolute atomic E-state index is 0.0895. The largest absolute Gasteiger partial charge is 0.348 e. The first-order valence-corrected chi connectivity index (χ1v) is 9.86. The minimum Gasteiger partial charge on any atom is -0.348 e. The van der Waals surface area contributed by atoms with Gasteiger partial charge in [-0.15, -0.1) is 0 Å². The maximum atomic E-state index is 12.7. The second-order valence-corrected chi connectivity index (χ2v) is 7.20. The van der Waals surface area contributed by atoms with Gasteiger partial charge in [-0.25, -0.2) is 4.98 Å². The van der Waals surface area contributed by atoms with Crippen LogP contribution in [-0.4, -0.2) is 32.1 Å². The van der Waals surface area contributed by atoms with E-state index >= 15 is 0 Å². The molecule has 4 rings (SSSR count). The quantitative estimate of drug-likeness (QED) is 0.646. The summed E-state index contributed by atoms with van der Waals surface area (Å²) in [5, 5.41) is 7.19. The lowest BCUT2D eigenvalue weighted by atomic mass is 9.97. The van der Waals surface area contributed by atoms with Crippen molar-refractivity contribution in [3.63, 3.8) is 0 Å². The smallest absolute Gasteiger partial charge is 0.316 e. The van der Waals surface area contributed by atoms with E-state index in [9.17, 15) is 9.59 Å². The number of fused-ring (bicyclic) bond motifs is 1. The number of hydrogen-bond donors (Lipinski definition) is 1. The molecule has 8 nitrogen and oxygen atoms in total.